The Morgan fingerprint density at radius 1 is 1.35 bits per heavy atom. The lowest BCUT2D eigenvalue weighted by molar-refractivity contribution is 0.155. The molecule has 0 spiro atoms. The van der Waals surface area contributed by atoms with Crippen molar-refractivity contribution in [1.29, 1.82) is 0 Å². The van der Waals surface area contributed by atoms with Crippen molar-refractivity contribution >= 4 is 22.4 Å². The summed E-state index contributed by atoms with van der Waals surface area (Å²) < 4.78 is 33.0. The number of nitrogens with zero attached hydrogens (tertiary/aromatic N) is 1. The van der Waals surface area contributed by atoms with Crippen LogP contribution in [0, 0.1) is 5.41 Å². The van der Waals surface area contributed by atoms with Crippen LogP contribution in [0.15, 0.2) is 23.1 Å². The lowest BCUT2D eigenvalue weighted by atomic mass is 9.81. The number of piperidine rings is 1. The molecule has 0 bridgehead atoms. The number of nitrogens with two attached hydrogens (primary N) is 1. The van der Waals surface area contributed by atoms with Crippen LogP contribution in [0.4, 0.5) is 0 Å². The Labute approximate surface area is 144 Å². The van der Waals surface area contributed by atoms with Gasteiger partial charge in [-0.25, -0.2) is 8.42 Å². The Morgan fingerprint density at radius 2 is 2.04 bits per heavy atom. The van der Waals surface area contributed by atoms with E-state index in [1.165, 1.54) is 0 Å². The van der Waals surface area contributed by atoms with Crippen LogP contribution in [0.2, 0.25) is 0 Å². The Balaban J connectivity index is 0.00000192. The summed E-state index contributed by atoms with van der Waals surface area (Å²) in [6.45, 7) is 6.98. The van der Waals surface area contributed by atoms with E-state index in [2.05, 4.69) is 0 Å². The standard InChI is InChI=1S/C16H24N2O3S.ClH/c1-11-8-12-9-13(4-5-14(12)21-11)22(19,20)18-7-6-15(17)16(2,3)10-18;/h4-5,9,11,15H,6-8,10,17H2,1-3H3;1H. The van der Waals surface area contributed by atoms with Crippen molar-refractivity contribution < 1.29 is 13.2 Å². The molecule has 0 radical (unpaired) electrons. The van der Waals surface area contributed by atoms with Gasteiger partial charge in [0.1, 0.15) is 11.9 Å². The highest BCUT2D eigenvalue weighted by Crippen LogP contribution is 2.34. The molecule has 3 rings (SSSR count). The highest BCUT2D eigenvalue weighted by Gasteiger charge is 2.39. The van der Waals surface area contributed by atoms with Gasteiger partial charge in [-0.05, 0) is 42.5 Å². The monoisotopic (exact) mass is 360 g/mol. The van der Waals surface area contributed by atoms with Gasteiger partial charge in [0, 0.05) is 25.6 Å². The van der Waals surface area contributed by atoms with Crippen LogP contribution < -0.4 is 10.5 Å². The van der Waals surface area contributed by atoms with Crippen LogP contribution in [-0.4, -0.2) is 38.0 Å². The van der Waals surface area contributed by atoms with Crippen LogP contribution in [0.5, 0.6) is 5.75 Å². The fraction of sp³-hybridized carbons (Fsp3) is 0.625. The van der Waals surface area contributed by atoms with Gasteiger partial charge in [-0.15, -0.1) is 12.4 Å². The summed E-state index contributed by atoms with van der Waals surface area (Å²) in [6.07, 6.45) is 1.56. The molecule has 130 valence electrons. The van der Waals surface area contributed by atoms with Crippen LogP contribution >= 0.6 is 12.4 Å². The third kappa shape index (κ3) is 3.36. The molecule has 2 aliphatic rings. The molecule has 2 aliphatic heterocycles. The van der Waals surface area contributed by atoms with E-state index in [4.69, 9.17) is 10.5 Å². The first-order valence-electron chi connectivity index (χ1n) is 7.75. The number of ether oxygens (including phenoxy) is 1. The van der Waals surface area contributed by atoms with Crippen molar-refractivity contribution in [2.45, 2.75) is 50.7 Å². The molecule has 2 unspecified atom stereocenters. The number of hydrogen-bond acceptors (Lipinski definition) is 4. The zero-order valence-electron chi connectivity index (χ0n) is 13.8. The van der Waals surface area contributed by atoms with Gasteiger partial charge < -0.3 is 10.5 Å². The second kappa shape index (κ2) is 6.24. The molecule has 1 fully saturated rings. The van der Waals surface area contributed by atoms with Gasteiger partial charge in [-0.2, -0.15) is 4.31 Å². The number of hydrogen-bond donors (Lipinski definition) is 1. The predicted molar refractivity (Wildman–Crippen MR) is 92.6 cm³/mol. The molecular weight excluding hydrogens is 336 g/mol. The molecule has 2 N–H and O–H groups in total. The van der Waals surface area contributed by atoms with Crippen LogP contribution in [0.1, 0.15) is 32.8 Å². The maximum absolute atomic E-state index is 12.9. The normalized spacial score (nSPS) is 27.0. The molecular formula is C16H25ClN2O3S. The van der Waals surface area contributed by atoms with E-state index in [0.717, 1.165) is 17.7 Å². The highest BCUT2D eigenvalue weighted by molar-refractivity contribution is 7.89. The molecule has 23 heavy (non-hydrogen) atoms. The lowest BCUT2D eigenvalue weighted by Crippen LogP contribution is -2.53. The topological polar surface area (TPSA) is 72.6 Å². The first kappa shape index (κ1) is 18.5. The Hall–Kier alpha value is -0.820. The SMILES string of the molecule is CC1Cc2cc(S(=O)(=O)N3CCC(N)C(C)(C)C3)ccc2O1.Cl. The van der Waals surface area contributed by atoms with E-state index in [9.17, 15) is 8.42 Å². The van der Waals surface area contributed by atoms with E-state index in [1.54, 1.807) is 22.5 Å². The molecule has 0 amide bonds. The number of rotatable bonds is 2. The maximum Gasteiger partial charge on any atom is 0.243 e. The van der Waals surface area contributed by atoms with E-state index < -0.39 is 10.0 Å². The van der Waals surface area contributed by atoms with Crippen molar-refractivity contribution in [2.24, 2.45) is 11.1 Å². The minimum absolute atomic E-state index is 0. The largest absolute Gasteiger partial charge is 0.490 e. The molecule has 0 aromatic heterocycles. The second-order valence-electron chi connectivity index (χ2n) is 7.12. The average molecular weight is 361 g/mol. The van der Waals surface area contributed by atoms with E-state index in [-0.39, 0.29) is 30.0 Å². The Kier molecular flexibility index (Phi) is 5.02. The zero-order valence-corrected chi connectivity index (χ0v) is 15.4. The smallest absolute Gasteiger partial charge is 0.243 e. The third-order valence-electron chi connectivity index (χ3n) is 4.78. The molecule has 2 atom stereocenters. The second-order valence-corrected chi connectivity index (χ2v) is 9.06. The summed E-state index contributed by atoms with van der Waals surface area (Å²) in [5.41, 5.74) is 6.87. The van der Waals surface area contributed by atoms with E-state index >= 15 is 0 Å². The van der Waals surface area contributed by atoms with Gasteiger partial charge in [0.25, 0.3) is 0 Å². The third-order valence-corrected chi connectivity index (χ3v) is 6.62. The van der Waals surface area contributed by atoms with Gasteiger partial charge in [0.15, 0.2) is 0 Å². The van der Waals surface area contributed by atoms with E-state index in [0.29, 0.717) is 24.4 Å². The summed E-state index contributed by atoms with van der Waals surface area (Å²) in [6, 6.07) is 5.21. The van der Waals surface area contributed by atoms with Gasteiger partial charge in [-0.1, -0.05) is 13.8 Å². The Morgan fingerprint density at radius 3 is 2.70 bits per heavy atom. The minimum Gasteiger partial charge on any atom is -0.490 e. The van der Waals surface area contributed by atoms with E-state index in [1.807, 2.05) is 20.8 Å². The van der Waals surface area contributed by atoms with Crippen molar-refractivity contribution in [3.8, 4) is 5.75 Å². The summed E-state index contributed by atoms with van der Waals surface area (Å²) in [5, 5.41) is 0. The molecule has 5 nitrogen and oxygen atoms in total. The molecule has 7 heteroatoms. The number of fused-ring (bicyclic) bond motifs is 1. The number of sulfonamides is 1. The summed E-state index contributed by atoms with van der Waals surface area (Å²) in [5.74, 6) is 0.799. The first-order valence-corrected chi connectivity index (χ1v) is 9.19. The summed E-state index contributed by atoms with van der Waals surface area (Å²) in [7, 11) is -3.47. The van der Waals surface area contributed by atoms with Crippen molar-refractivity contribution in [1.82, 2.24) is 4.31 Å². The summed E-state index contributed by atoms with van der Waals surface area (Å²) >= 11 is 0. The molecule has 0 aliphatic carbocycles. The molecule has 1 aromatic carbocycles. The fourth-order valence-corrected chi connectivity index (χ4v) is 4.92. The van der Waals surface area contributed by atoms with Gasteiger partial charge in [0.05, 0.1) is 4.90 Å². The fourth-order valence-electron chi connectivity index (χ4n) is 3.24. The van der Waals surface area contributed by atoms with Crippen molar-refractivity contribution in [3.63, 3.8) is 0 Å². The number of halogens is 1. The minimum atomic E-state index is -3.47. The first-order chi connectivity index (χ1) is 10.2. The van der Waals surface area contributed by atoms with Gasteiger partial charge in [-0.3, -0.25) is 0 Å². The van der Waals surface area contributed by atoms with Crippen LogP contribution in [-0.2, 0) is 16.4 Å². The average Bonchev–Trinajstić information content (AvgIpc) is 2.80. The number of benzene rings is 1. The lowest BCUT2D eigenvalue weighted by Gasteiger charge is -2.41. The molecule has 0 saturated carbocycles. The van der Waals surface area contributed by atoms with Crippen molar-refractivity contribution in [3.05, 3.63) is 23.8 Å². The van der Waals surface area contributed by atoms with Gasteiger partial charge in [0.2, 0.25) is 10.0 Å². The Bertz CT molecular complexity index is 691. The van der Waals surface area contributed by atoms with Crippen LogP contribution in [0.3, 0.4) is 0 Å². The highest BCUT2D eigenvalue weighted by atomic mass is 35.5. The molecule has 1 saturated heterocycles. The van der Waals surface area contributed by atoms with Crippen LogP contribution in [0.25, 0.3) is 0 Å². The molecule has 2 heterocycles. The molecule has 1 aromatic rings. The predicted octanol–water partition coefficient (Wildman–Crippen LogP) is 2.18. The van der Waals surface area contributed by atoms with Gasteiger partial charge >= 0.3 is 0 Å². The quantitative estimate of drug-likeness (QED) is 0.877. The van der Waals surface area contributed by atoms with Crippen molar-refractivity contribution in [2.75, 3.05) is 13.1 Å². The zero-order chi connectivity index (χ0) is 16.1. The maximum atomic E-state index is 12.9. The summed E-state index contributed by atoms with van der Waals surface area (Å²) in [4.78, 5) is 0.357.